The lowest BCUT2D eigenvalue weighted by atomic mass is 9.90. The van der Waals surface area contributed by atoms with E-state index in [0.29, 0.717) is 0 Å². The van der Waals surface area contributed by atoms with Crippen LogP contribution in [0.5, 0.6) is 0 Å². The second kappa shape index (κ2) is 13.8. The summed E-state index contributed by atoms with van der Waals surface area (Å²) in [6.45, 7) is 6.02. The Morgan fingerprint density at radius 2 is 0.982 bits per heavy atom. The van der Waals surface area contributed by atoms with Gasteiger partial charge in [0.1, 0.15) is 5.82 Å². The molecule has 0 aliphatic rings. The largest absolute Gasteiger partial charge is 0.294 e. The molecular weight excluding hydrogens is 677 g/mol. The lowest BCUT2D eigenvalue weighted by Gasteiger charge is -2.14. The fourth-order valence-corrected chi connectivity index (χ4v) is 8.48. The molecule has 0 radical (unpaired) electrons. The van der Waals surface area contributed by atoms with Crippen molar-refractivity contribution < 1.29 is 0 Å². The van der Waals surface area contributed by atoms with Gasteiger partial charge in [-0.05, 0) is 127 Å². The van der Waals surface area contributed by atoms with Crippen LogP contribution in [0, 0.1) is 0 Å². The molecule has 0 saturated heterocycles. The monoisotopic (exact) mass is 714 g/mol. The van der Waals surface area contributed by atoms with Crippen LogP contribution >= 0.6 is 0 Å². The van der Waals surface area contributed by atoms with Gasteiger partial charge in [-0.1, -0.05) is 152 Å². The van der Waals surface area contributed by atoms with Gasteiger partial charge >= 0.3 is 0 Å². The average Bonchev–Trinajstić information content (AvgIpc) is 3.61. The van der Waals surface area contributed by atoms with E-state index in [2.05, 4.69) is 206 Å². The van der Waals surface area contributed by atoms with Crippen molar-refractivity contribution in [1.29, 1.82) is 0 Å². The van der Waals surface area contributed by atoms with Crippen molar-refractivity contribution in [3.63, 3.8) is 0 Å². The van der Waals surface area contributed by atoms with Crippen molar-refractivity contribution in [2.75, 3.05) is 0 Å². The molecule has 0 bridgehead atoms. The molecule has 0 atom stereocenters. The van der Waals surface area contributed by atoms with Crippen LogP contribution in [0.3, 0.4) is 0 Å². The summed E-state index contributed by atoms with van der Waals surface area (Å²) >= 11 is 0. The van der Waals surface area contributed by atoms with E-state index in [1.165, 1.54) is 54.2 Å². The first-order valence-electron chi connectivity index (χ1n) is 19.2. The second-order valence-electron chi connectivity index (χ2n) is 14.3. The second-order valence-corrected chi connectivity index (χ2v) is 14.3. The topological polar surface area (TPSA) is 17.8 Å². The number of benzene rings is 8. The quantitative estimate of drug-likeness (QED) is 0.119. The molecular formula is C54H38N2. The molecule has 2 nitrogen and oxygen atoms in total. The molecule has 8 aromatic carbocycles. The van der Waals surface area contributed by atoms with Gasteiger partial charge in [0.25, 0.3) is 0 Å². The molecule has 0 saturated carbocycles. The fourth-order valence-electron chi connectivity index (χ4n) is 8.48. The van der Waals surface area contributed by atoms with Crippen LogP contribution in [-0.2, 0) is 0 Å². The predicted molar refractivity (Wildman–Crippen MR) is 240 cm³/mol. The summed E-state index contributed by atoms with van der Waals surface area (Å²) < 4.78 is 2.28. The van der Waals surface area contributed by atoms with Gasteiger partial charge in [-0.2, -0.15) is 0 Å². The SMILES string of the molecule is C=C/C=C\C(=C/C)c1cc(-c2cccc(-c3ccc4c5ccccc5c5ccccc5c4c3)c2)cc(-c2cccc(-n3c4ccccc4c4ccccc43)n2)c1. The highest BCUT2D eigenvalue weighted by molar-refractivity contribution is 6.25. The Morgan fingerprint density at radius 3 is 1.62 bits per heavy atom. The molecule has 0 spiro atoms. The van der Waals surface area contributed by atoms with Crippen LogP contribution in [0.1, 0.15) is 12.5 Å². The summed E-state index contributed by atoms with van der Waals surface area (Å²) in [6.07, 6.45) is 8.10. The number of fused-ring (bicyclic) bond motifs is 9. The molecule has 10 aromatic rings. The summed E-state index contributed by atoms with van der Waals surface area (Å²) in [6, 6.07) is 63.7. The minimum absolute atomic E-state index is 0.892. The van der Waals surface area contributed by atoms with E-state index in [0.717, 1.165) is 50.4 Å². The number of hydrogen-bond acceptors (Lipinski definition) is 1. The van der Waals surface area contributed by atoms with Gasteiger partial charge in [0.15, 0.2) is 0 Å². The van der Waals surface area contributed by atoms with Gasteiger partial charge < -0.3 is 0 Å². The van der Waals surface area contributed by atoms with Crippen LogP contribution in [0.15, 0.2) is 207 Å². The number of pyridine rings is 1. The lowest BCUT2D eigenvalue weighted by molar-refractivity contribution is 1.08. The maximum atomic E-state index is 5.36. The molecule has 10 rings (SSSR count). The average molecular weight is 715 g/mol. The van der Waals surface area contributed by atoms with E-state index in [9.17, 15) is 0 Å². The number of rotatable bonds is 7. The standard InChI is InChI=1S/C54H38N2/c1-3-5-16-36(4-2)40-32-41(34-42(33-40)51-25-15-28-54(55-51)56-52-26-12-10-23-48(52)49-24-11-13-27-53(49)56)38-18-14-17-37(31-38)39-29-30-47-45-21-7-6-19-43(45)44-20-8-9-22-46(44)50(47)35-39/h3-35H,1H2,2H3/b16-5-,36-4+. The molecule has 56 heavy (non-hydrogen) atoms. The Morgan fingerprint density at radius 1 is 0.464 bits per heavy atom. The summed E-state index contributed by atoms with van der Waals surface area (Å²) in [4.78, 5) is 5.36. The van der Waals surface area contributed by atoms with Crippen LogP contribution in [0.2, 0.25) is 0 Å². The van der Waals surface area contributed by atoms with Crippen LogP contribution in [0.4, 0.5) is 0 Å². The molecule has 0 N–H and O–H groups in total. The third kappa shape index (κ3) is 5.63. The number of allylic oxidation sites excluding steroid dienone is 5. The van der Waals surface area contributed by atoms with E-state index >= 15 is 0 Å². The van der Waals surface area contributed by atoms with Gasteiger partial charge in [-0.3, -0.25) is 4.57 Å². The zero-order chi connectivity index (χ0) is 37.6. The van der Waals surface area contributed by atoms with E-state index in [1.807, 2.05) is 12.2 Å². The van der Waals surface area contributed by atoms with E-state index < -0.39 is 0 Å². The Hall–Kier alpha value is -7.29. The fraction of sp³-hybridized carbons (Fsp3) is 0.0185. The first-order valence-corrected chi connectivity index (χ1v) is 19.2. The summed E-state index contributed by atoms with van der Waals surface area (Å²) in [7, 11) is 0. The Bertz CT molecular complexity index is 3140. The highest BCUT2D eigenvalue weighted by Gasteiger charge is 2.15. The number of aromatic nitrogens is 2. The molecule has 2 heterocycles. The number of nitrogens with zero attached hydrogens (tertiary/aromatic N) is 2. The van der Waals surface area contributed by atoms with Crippen LogP contribution in [-0.4, -0.2) is 9.55 Å². The van der Waals surface area contributed by atoms with Crippen molar-refractivity contribution in [1.82, 2.24) is 9.55 Å². The Kier molecular flexibility index (Phi) is 8.23. The van der Waals surface area contributed by atoms with Gasteiger partial charge in [0.05, 0.1) is 16.7 Å². The van der Waals surface area contributed by atoms with Crippen molar-refractivity contribution in [2.24, 2.45) is 0 Å². The molecule has 0 amide bonds. The number of para-hydroxylation sites is 2. The minimum Gasteiger partial charge on any atom is -0.294 e. The van der Waals surface area contributed by atoms with Gasteiger partial charge in [-0.15, -0.1) is 0 Å². The molecule has 0 aliphatic heterocycles. The molecule has 0 unspecified atom stereocenters. The van der Waals surface area contributed by atoms with Gasteiger partial charge in [0.2, 0.25) is 0 Å². The third-order valence-corrected chi connectivity index (χ3v) is 11.1. The van der Waals surface area contributed by atoms with E-state index in [-0.39, 0.29) is 0 Å². The zero-order valence-corrected chi connectivity index (χ0v) is 31.2. The van der Waals surface area contributed by atoms with E-state index in [4.69, 9.17) is 4.98 Å². The third-order valence-electron chi connectivity index (χ3n) is 11.1. The highest BCUT2D eigenvalue weighted by atomic mass is 15.1. The minimum atomic E-state index is 0.892. The highest BCUT2D eigenvalue weighted by Crippen LogP contribution is 2.39. The van der Waals surface area contributed by atoms with Crippen LogP contribution < -0.4 is 0 Å². The zero-order valence-electron chi connectivity index (χ0n) is 31.2. The molecule has 2 aromatic heterocycles. The van der Waals surface area contributed by atoms with Crippen molar-refractivity contribution in [2.45, 2.75) is 6.92 Å². The summed E-state index contributed by atoms with van der Waals surface area (Å²) in [5.74, 6) is 0.892. The summed E-state index contributed by atoms with van der Waals surface area (Å²) in [5.41, 5.74) is 11.2. The van der Waals surface area contributed by atoms with E-state index in [1.54, 1.807) is 0 Å². The van der Waals surface area contributed by atoms with Crippen LogP contribution in [0.25, 0.3) is 99.0 Å². The first-order chi connectivity index (χ1) is 27.7. The first kappa shape index (κ1) is 33.3. The van der Waals surface area contributed by atoms with Crippen molar-refractivity contribution in [3.05, 3.63) is 212 Å². The van der Waals surface area contributed by atoms with Gasteiger partial charge in [-0.25, -0.2) is 4.98 Å². The Labute approximate surface area is 326 Å². The lowest BCUT2D eigenvalue weighted by Crippen LogP contribution is -1.99. The normalized spacial score (nSPS) is 12.1. The van der Waals surface area contributed by atoms with Crippen molar-refractivity contribution in [3.8, 4) is 39.3 Å². The smallest absolute Gasteiger partial charge is 0.138 e. The maximum absolute atomic E-state index is 5.36. The molecule has 0 aliphatic carbocycles. The predicted octanol–water partition coefficient (Wildman–Crippen LogP) is 14.8. The molecule has 2 heteroatoms. The van der Waals surface area contributed by atoms with Gasteiger partial charge in [0, 0.05) is 16.3 Å². The Balaban J connectivity index is 1.12. The number of hydrogen-bond donors (Lipinski definition) is 0. The summed E-state index contributed by atoms with van der Waals surface area (Å²) in [5, 5.41) is 10.1. The maximum Gasteiger partial charge on any atom is 0.138 e. The van der Waals surface area contributed by atoms with Crippen molar-refractivity contribution >= 4 is 59.7 Å². The molecule has 0 fully saturated rings. The molecule has 264 valence electrons.